The van der Waals surface area contributed by atoms with Crippen LogP contribution < -0.4 is 11.3 Å². The molecule has 18 heavy (non-hydrogen) atoms. The number of aromatic nitrogens is 1. The minimum absolute atomic E-state index is 0.0496. The molecule has 0 aliphatic carbocycles. The van der Waals surface area contributed by atoms with Crippen LogP contribution in [0.4, 0.5) is 5.69 Å². The zero-order chi connectivity index (χ0) is 13.1. The number of nitrogen functional groups attached to an aromatic ring is 1. The molecule has 1 aliphatic rings. The molecule has 0 aromatic carbocycles. The first-order chi connectivity index (χ1) is 8.60. The smallest absolute Gasteiger partial charge is 0.272 e. The zero-order valence-corrected chi connectivity index (χ0v) is 10.6. The zero-order valence-electron chi connectivity index (χ0n) is 10.6. The van der Waals surface area contributed by atoms with Crippen molar-refractivity contribution in [1.82, 2.24) is 9.88 Å². The Hall–Kier alpha value is -1.66. The molecule has 2 atom stereocenters. The molecular weight excluding hydrogens is 232 g/mol. The molecule has 1 aliphatic heterocycles. The Morgan fingerprint density at radius 3 is 2.78 bits per heavy atom. The lowest BCUT2D eigenvalue weighted by Gasteiger charge is -2.35. The lowest BCUT2D eigenvalue weighted by Crippen LogP contribution is -2.48. The van der Waals surface area contributed by atoms with Crippen molar-refractivity contribution in [2.75, 3.05) is 18.5 Å². The van der Waals surface area contributed by atoms with Crippen LogP contribution >= 0.6 is 0 Å². The molecule has 1 saturated heterocycles. The predicted octanol–water partition coefficient (Wildman–Crippen LogP) is 0.617. The summed E-state index contributed by atoms with van der Waals surface area (Å²) in [6.07, 6.45) is 1.66. The van der Waals surface area contributed by atoms with Crippen LogP contribution in [0.5, 0.6) is 0 Å². The average molecular weight is 250 g/mol. The van der Waals surface area contributed by atoms with E-state index in [1.54, 1.807) is 23.2 Å². The highest BCUT2D eigenvalue weighted by atomic mass is 16.5. The second-order valence-electron chi connectivity index (χ2n) is 4.54. The van der Waals surface area contributed by atoms with Gasteiger partial charge in [-0.25, -0.2) is 0 Å². The molecule has 98 valence electrons. The molecule has 6 heteroatoms. The number of nitrogens with two attached hydrogens (primary N) is 1. The topological polar surface area (TPSA) is 80.5 Å². The molecule has 0 radical (unpaired) electrons. The Kier molecular flexibility index (Phi) is 3.78. The molecular formula is C12H18N4O2. The standard InChI is InChI=1S/C12H18N4O2/c1-8-6-16(7-9(2)18-8)12(17)11-5-10(15-13)3-4-14-11/h3-5,8-9H,6-7,13H2,1-2H3,(H,14,15)/t8-,9+. The number of pyridine rings is 1. The van der Waals surface area contributed by atoms with Gasteiger partial charge in [-0.1, -0.05) is 0 Å². The van der Waals surface area contributed by atoms with Crippen LogP contribution in [0.1, 0.15) is 24.3 Å². The van der Waals surface area contributed by atoms with Crippen molar-refractivity contribution in [3.05, 3.63) is 24.0 Å². The maximum atomic E-state index is 12.3. The van der Waals surface area contributed by atoms with Gasteiger partial charge in [0.05, 0.1) is 17.9 Å². The summed E-state index contributed by atoms with van der Waals surface area (Å²) in [4.78, 5) is 18.1. The third kappa shape index (κ3) is 2.77. The fourth-order valence-corrected chi connectivity index (χ4v) is 2.14. The number of nitrogens with one attached hydrogen (secondary N) is 1. The van der Waals surface area contributed by atoms with Gasteiger partial charge >= 0.3 is 0 Å². The van der Waals surface area contributed by atoms with Crippen LogP contribution in [0.15, 0.2) is 18.3 Å². The highest BCUT2D eigenvalue weighted by Crippen LogP contribution is 2.15. The number of amides is 1. The molecule has 0 spiro atoms. The van der Waals surface area contributed by atoms with E-state index in [1.807, 2.05) is 13.8 Å². The second-order valence-corrected chi connectivity index (χ2v) is 4.54. The van der Waals surface area contributed by atoms with Crippen molar-refractivity contribution in [2.45, 2.75) is 26.1 Å². The van der Waals surface area contributed by atoms with E-state index in [0.29, 0.717) is 24.5 Å². The first-order valence-corrected chi connectivity index (χ1v) is 5.97. The van der Waals surface area contributed by atoms with Gasteiger partial charge in [0.15, 0.2) is 0 Å². The minimum atomic E-state index is -0.0888. The maximum absolute atomic E-state index is 12.3. The van der Waals surface area contributed by atoms with Crippen molar-refractivity contribution >= 4 is 11.6 Å². The predicted molar refractivity (Wildman–Crippen MR) is 68.0 cm³/mol. The first kappa shape index (κ1) is 12.8. The highest BCUT2D eigenvalue weighted by molar-refractivity contribution is 5.93. The maximum Gasteiger partial charge on any atom is 0.272 e. The molecule has 3 N–H and O–H groups in total. The number of ether oxygens (including phenoxy) is 1. The van der Waals surface area contributed by atoms with E-state index in [-0.39, 0.29) is 18.1 Å². The van der Waals surface area contributed by atoms with Crippen LogP contribution in [0.25, 0.3) is 0 Å². The van der Waals surface area contributed by atoms with Crippen LogP contribution in [-0.4, -0.2) is 41.1 Å². The van der Waals surface area contributed by atoms with Crippen LogP contribution in [-0.2, 0) is 4.74 Å². The van der Waals surface area contributed by atoms with Gasteiger partial charge in [-0.2, -0.15) is 0 Å². The number of rotatable bonds is 2. The summed E-state index contributed by atoms with van der Waals surface area (Å²) in [5.74, 6) is 5.23. The number of hydrogen-bond donors (Lipinski definition) is 2. The molecule has 1 fully saturated rings. The van der Waals surface area contributed by atoms with Crippen LogP contribution in [0.2, 0.25) is 0 Å². The summed E-state index contributed by atoms with van der Waals surface area (Å²) in [6, 6.07) is 3.36. The SMILES string of the molecule is C[C@@H]1CN(C(=O)c2cc(NN)ccn2)C[C@H](C)O1. The highest BCUT2D eigenvalue weighted by Gasteiger charge is 2.27. The summed E-state index contributed by atoms with van der Waals surface area (Å²) in [7, 11) is 0. The van der Waals surface area contributed by atoms with Gasteiger partial charge in [-0.05, 0) is 26.0 Å². The Bertz CT molecular complexity index is 428. The van der Waals surface area contributed by atoms with Gasteiger partial charge in [0.1, 0.15) is 5.69 Å². The molecule has 1 aromatic heterocycles. The number of anilines is 1. The number of hydrazine groups is 1. The average Bonchev–Trinajstić information content (AvgIpc) is 2.37. The number of nitrogens with zero attached hydrogens (tertiary/aromatic N) is 2. The second kappa shape index (κ2) is 5.32. The molecule has 1 aromatic rings. The van der Waals surface area contributed by atoms with E-state index in [4.69, 9.17) is 10.6 Å². The van der Waals surface area contributed by atoms with Gasteiger partial charge in [0.25, 0.3) is 5.91 Å². The van der Waals surface area contributed by atoms with E-state index in [0.717, 1.165) is 0 Å². The van der Waals surface area contributed by atoms with E-state index in [9.17, 15) is 4.79 Å². The van der Waals surface area contributed by atoms with Gasteiger partial charge in [-0.15, -0.1) is 0 Å². The molecule has 0 saturated carbocycles. The number of hydrogen-bond acceptors (Lipinski definition) is 5. The van der Waals surface area contributed by atoms with E-state index in [2.05, 4.69) is 10.4 Å². The molecule has 2 rings (SSSR count). The summed E-state index contributed by atoms with van der Waals surface area (Å²) >= 11 is 0. The Labute approximate surface area is 106 Å². The summed E-state index contributed by atoms with van der Waals surface area (Å²) in [6.45, 7) is 5.10. The molecule has 6 nitrogen and oxygen atoms in total. The third-order valence-electron chi connectivity index (χ3n) is 2.85. The Morgan fingerprint density at radius 2 is 2.17 bits per heavy atom. The van der Waals surface area contributed by atoms with E-state index in [1.165, 1.54) is 0 Å². The van der Waals surface area contributed by atoms with Crippen molar-refractivity contribution in [2.24, 2.45) is 5.84 Å². The first-order valence-electron chi connectivity index (χ1n) is 5.97. The Balaban J connectivity index is 2.14. The summed E-state index contributed by atoms with van der Waals surface area (Å²) in [5, 5.41) is 0. The van der Waals surface area contributed by atoms with Crippen molar-refractivity contribution < 1.29 is 9.53 Å². The van der Waals surface area contributed by atoms with Gasteiger partial charge in [0, 0.05) is 19.3 Å². The van der Waals surface area contributed by atoms with Crippen molar-refractivity contribution in [3.8, 4) is 0 Å². The minimum Gasteiger partial charge on any atom is -0.372 e. The monoisotopic (exact) mass is 250 g/mol. The van der Waals surface area contributed by atoms with Gasteiger partial charge < -0.3 is 15.1 Å². The van der Waals surface area contributed by atoms with Crippen molar-refractivity contribution in [1.29, 1.82) is 0 Å². The summed E-state index contributed by atoms with van der Waals surface area (Å²) < 4.78 is 5.60. The van der Waals surface area contributed by atoms with E-state index >= 15 is 0 Å². The van der Waals surface area contributed by atoms with Gasteiger partial charge in [0.2, 0.25) is 0 Å². The van der Waals surface area contributed by atoms with Crippen LogP contribution in [0.3, 0.4) is 0 Å². The van der Waals surface area contributed by atoms with Crippen molar-refractivity contribution in [3.63, 3.8) is 0 Å². The van der Waals surface area contributed by atoms with E-state index < -0.39 is 0 Å². The number of carbonyl (C=O) groups is 1. The largest absolute Gasteiger partial charge is 0.372 e. The molecule has 0 unspecified atom stereocenters. The number of morpholine rings is 1. The number of carbonyl (C=O) groups excluding carboxylic acids is 1. The molecule has 2 heterocycles. The van der Waals surface area contributed by atoms with Crippen LogP contribution in [0, 0.1) is 0 Å². The normalized spacial score (nSPS) is 23.8. The lowest BCUT2D eigenvalue weighted by atomic mass is 10.2. The quantitative estimate of drug-likeness (QED) is 0.594. The van der Waals surface area contributed by atoms with Gasteiger partial charge in [-0.3, -0.25) is 15.6 Å². The fourth-order valence-electron chi connectivity index (χ4n) is 2.14. The Morgan fingerprint density at radius 1 is 1.50 bits per heavy atom. The molecule has 1 amide bonds. The lowest BCUT2D eigenvalue weighted by molar-refractivity contribution is -0.0587. The summed E-state index contributed by atoms with van der Waals surface area (Å²) in [5.41, 5.74) is 3.57. The third-order valence-corrected chi connectivity index (χ3v) is 2.85. The fraction of sp³-hybridized carbons (Fsp3) is 0.500. The molecule has 0 bridgehead atoms.